The fourth-order valence-corrected chi connectivity index (χ4v) is 3.58. The number of hydrogen-bond donors (Lipinski definition) is 3. The number of nitrogens with zero attached hydrogens (tertiary/aromatic N) is 1. The van der Waals surface area contributed by atoms with E-state index in [4.69, 9.17) is 5.73 Å². The van der Waals surface area contributed by atoms with E-state index < -0.39 is 6.04 Å². The summed E-state index contributed by atoms with van der Waals surface area (Å²) >= 11 is 1.70. The first-order valence-electron chi connectivity index (χ1n) is 8.77. The monoisotopic (exact) mass is 368 g/mol. The third-order valence-corrected chi connectivity index (χ3v) is 5.25. The lowest BCUT2D eigenvalue weighted by Crippen LogP contribution is -2.42. The number of rotatable bonds is 9. The summed E-state index contributed by atoms with van der Waals surface area (Å²) in [7, 11) is 1.82. The Morgan fingerprint density at radius 3 is 3.00 bits per heavy atom. The average Bonchev–Trinajstić information content (AvgIpc) is 3.07. The molecule has 7 heteroatoms. The summed E-state index contributed by atoms with van der Waals surface area (Å²) in [6, 6.07) is 6.75. The normalized spacial score (nSPS) is 21.3. The maximum Gasteiger partial charge on any atom is 0.239 e. The summed E-state index contributed by atoms with van der Waals surface area (Å²) in [5.74, 6) is 0.713. The van der Waals surface area contributed by atoms with Gasteiger partial charge in [-0.3, -0.25) is 15.6 Å². The van der Waals surface area contributed by atoms with Crippen molar-refractivity contribution in [3.63, 3.8) is 0 Å². The highest BCUT2D eigenvalue weighted by atomic mass is 32.2. The van der Waals surface area contributed by atoms with Crippen molar-refractivity contribution in [1.29, 1.82) is 0 Å². The molecular weight excluding hydrogens is 339 g/mol. The lowest BCUT2D eigenvalue weighted by Gasteiger charge is -2.21. The number of benzene rings is 1. The Hall–Kier alpha value is -1.15. The number of hydrazine groups is 1. The number of hydrogen-bond acceptors (Lipinski definition) is 5. The number of nitrogens with one attached hydrogen (secondary N) is 2. The van der Waals surface area contributed by atoms with Crippen LogP contribution in [0.3, 0.4) is 0 Å². The Morgan fingerprint density at radius 2 is 2.28 bits per heavy atom. The number of amides is 1. The smallest absolute Gasteiger partial charge is 0.239 e. The van der Waals surface area contributed by atoms with E-state index in [0.717, 1.165) is 30.6 Å². The van der Waals surface area contributed by atoms with Gasteiger partial charge < -0.3 is 10.6 Å². The van der Waals surface area contributed by atoms with Crippen LogP contribution in [0.25, 0.3) is 0 Å². The Labute approximate surface area is 153 Å². The van der Waals surface area contributed by atoms with E-state index >= 15 is 0 Å². The van der Waals surface area contributed by atoms with E-state index in [9.17, 15) is 9.18 Å². The highest BCUT2D eigenvalue weighted by Crippen LogP contribution is 2.24. The molecule has 1 aromatic rings. The van der Waals surface area contributed by atoms with E-state index in [0.29, 0.717) is 19.0 Å². The molecule has 1 heterocycles. The molecule has 0 radical (unpaired) electrons. The fraction of sp³-hybridized carbons (Fsp3) is 0.611. The van der Waals surface area contributed by atoms with Crippen molar-refractivity contribution in [2.75, 3.05) is 25.6 Å². The number of carbonyl (C=O) groups is 1. The molecule has 0 saturated carbocycles. The number of carbonyl (C=O) groups excluding carboxylic acids is 1. The minimum absolute atomic E-state index is 0.0178. The maximum absolute atomic E-state index is 13.3. The summed E-state index contributed by atoms with van der Waals surface area (Å²) < 4.78 is 13.3. The molecule has 0 aromatic heterocycles. The van der Waals surface area contributed by atoms with Crippen LogP contribution in [0.4, 0.5) is 4.39 Å². The summed E-state index contributed by atoms with van der Waals surface area (Å²) in [5.41, 5.74) is 13.4. The zero-order chi connectivity index (χ0) is 18.2. The molecule has 1 aliphatic rings. The van der Waals surface area contributed by atoms with Crippen LogP contribution in [0.5, 0.6) is 0 Å². The number of thioether (sulfide) groups is 1. The van der Waals surface area contributed by atoms with Crippen molar-refractivity contribution in [2.24, 2.45) is 5.73 Å². The molecule has 1 amide bonds. The second-order valence-corrected chi connectivity index (χ2v) is 7.60. The largest absolute Gasteiger partial charge is 0.344 e. The van der Waals surface area contributed by atoms with Gasteiger partial charge in [0.2, 0.25) is 5.91 Å². The van der Waals surface area contributed by atoms with Gasteiger partial charge in [0.25, 0.3) is 0 Å². The molecule has 0 spiro atoms. The van der Waals surface area contributed by atoms with E-state index in [2.05, 4.69) is 10.9 Å². The first-order valence-corrected chi connectivity index (χ1v) is 10.2. The van der Waals surface area contributed by atoms with Crippen molar-refractivity contribution >= 4 is 17.7 Å². The van der Waals surface area contributed by atoms with Crippen LogP contribution >= 0.6 is 11.8 Å². The highest BCUT2D eigenvalue weighted by Gasteiger charge is 2.25. The van der Waals surface area contributed by atoms with Gasteiger partial charge in [0.1, 0.15) is 5.82 Å². The summed E-state index contributed by atoms with van der Waals surface area (Å²) in [6.45, 7) is 0.703. The molecule has 1 saturated heterocycles. The minimum atomic E-state index is -0.402. The molecule has 2 rings (SSSR count). The number of nitrogens with two attached hydrogens (primary N) is 1. The summed E-state index contributed by atoms with van der Waals surface area (Å²) in [6.07, 6.45) is 5.51. The Kier molecular flexibility index (Phi) is 8.15. The topological polar surface area (TPSA) is 70.4 Å². The second kappa shape index (κ2) is 10.1. The zero-order valence-corrected chi connectivity index (χ0v) is 15.8. The SMILES string of the molecule is CSCC[C@H](N)C(=O)N(C)CCCC1CC(c2cccc(F)c2)NN1. The molecule has 5 nitrogen and oxygen atoms in total. The van der Waals surface area contributed by atoms with Crippen LogP contribution in [0.15, 0.2) is 24.3 Å². The molecule has 1 aromatic carbocycles. The van der Waals surface area contributed by atoms with Gasteiger partial charge in [-0.25, -0.2) is 4.39 Å². The quantitative estimate of drug-likeness (QED) is 0.622. The molecule has 25 heavy (non-hydrogen) atoms. The first kappa shape index (κ1) is 20.2. The Morgan fingerprint density at radius 1 is 1.48 bits per heavy atom. The van der Waals surface area contributed by atoms with Gasteiger partial charge in [-0.1, -0.05) is 12.1 Å². The average molecular weight is 369 g/mol. The van der Waals surface area contributed by atoms with Crippen LogP contribution in [0.1, 0.15) is 37.3 Å². The van der Waals surface area contributed by atoms with E-state index in [1.54, 1.807) is 28.8 Å². The van der Waals surface area contributed by atoms with E-state index in [1.807, 2.05) is 19.4 Å². The van der Waals surface area contributed by atoms with Crippen molar-refractivity contribution in [3.8, 4) is 0 Å². The van der Waals surface area contributed by atoms with Crippen molar-refractivity contribution in [1.82, 2.24) is 15.8 Å². The Bertz CT molecular complexity index is 560. The zero-order valence-electron chi connectivity index (χ0n) is 15.0. The van der Waals surface area contributed by atoms with E-state index in [-0.39, 0.29) is 17.8 Å². The first-order chi connectivity index (χ1) is 12.0. The maximum atomic E-state index is 13.3. The van der Waals surface area contributed by atoms with Gasteiger partial charge in [-0.2, -0.15) is 11.8 Å². The van der Waals surface area contributed by atoms with Crippen LogP contribution in [-0.2, 0) is 4.79 Å². The Balaban J connectivity index is 1.69. The molecule has 0 bridgehead atoms. The molecule has 1 fully saturated rings. The van der Waals surface area contributed by atoms with Crippen LogP contribution in [0, 0.1) is 5.82 Å². The van der Waals surface area contributed by atoms with Gasteiger partial charge in [0, 0.05) is 25.7 Å². The highest BCUT2D eigenvalue weighted by molar-refractivity contribution is 7.98. The van der Waals surface area contributed by atoms with Crippen LogP contribution < -0.4 is 16.6 Å². The summed E-state index contributed by atoms with van der Waals surface area (Å²) in [4.78, 5) is 13.9. The predicted octanol–water partition coefficient (Wildman–Crippen LogP) is 2.05. The lowest BCUT2D eigenvalue weighted by atomic mass is 9.99. The van der Waals surface area contributed by atoms with Gasteiger partial charge in [0.15, 0.2) is 0 Å². The van der Waals surface area contributed by atoms with Gasteiger partial charge >= 0.3 is 0 Å². The minimum Gasteiger partial charge on any atom is -0.344 e. The molecule has 140 valence electrons. The molecule has 4 N–H and O–H groups in total. The van der Waals surface area contributed by atoms with Crippen LogP contribution in [0.2, 0.25) is 0 Å². The predicted molar refractivity (Wildman–Crippen MR) is 102 cm³/mol. The van der Waals surface area contributed by atoms with E-state index in [1.165, 1.54) is 6.07 Å². The van der Waals surface area contributed by atoms with Crippen molar-refractivity contribution < 1.29 is 9.18 Å². The van der Waals surface area contributed by atoms with Crippen molar-refractivity contribution in [3.05, 3.63) is 35.6 Å². The third kappa shape index (κ3) is 6.26. The fourth-order valence-electron chi connectivity index (χ4n) is 3.09. The number of halogens is 1. The van der Waals surface area contributed by atoms with Gasteiger partial charge in [0.05, 0.1) is 6.04 Å². The molecular formula is C18H29FN4OS. The second-order valence-electron chi connectivity index (χ2n) is 6.62. The molecule has 3 atom stereocenters. The third-order valence-electron chi connectivity index (χ3n) is 4.61. The lowest BCUT2D eigenvalue weighted by molar-refractivity contribution is -0.131. The molecule has 2 unspecified atom stereocenters. The summed E-state index contributed by atoms with van der Waals surface area (Å²) in [5, 5.41) is 0. The molecule has 1 aliphatic heterocycles. The number of likely N-dealkylation sites (N-methyl/N-ethyl adjacent to an activating group) is 1. The van der Waals surface area contributed by atoms with Gasteiger partial charge in [-0.05, 0) is 55.4 Å². The van der Waals surface area contributed by atoms with Gasteiger partial charge in [-0.15, -0.1) is 0 Å². The van der Waals surface area contributed by atoms with Crippen LogP contribution in [-0.4, -0.2) is 48.5 Å². The molecule has 0 aliphatic carbocycles. The standard InChI is InChI=1S/C18H29FN4OS/c1-23(18(24)16(20)8-10-25-2)9-4-7-15-12-17(22-21-15)13-5-3-6-14(19)11-13/h3,5-6,11,15-17,21-22H,4,7-10,12,20H2,1-2H3/t15?,16-,17?/m0/s1. The van der Waals surface area contributed by atoms with Crippen molar-refractivity contribution in [2.45, 2.75) is 43.8 Å².